The van der Waals surface area contributed by atoms with Gasteiger partial charge in [-0.2, -0.15) is 5.10 Å². The second-order valence-electron chi connectivity index (χ2n) is 7.61. The largest absolute Gasteiger partial charge is 0.488 e. The number of nitrogens with two attached hydrogens (primary N) is 1. The van der Waals surface area contributed by atoms with Crippen LogP contribution in [0.2, 0.25) is 0 Å². The summed E-state index contributed by atoms with van der Waals surface area (Å²) in [5.41, 5.74) is 14.2. The third kappa shape index (κ3) is 5.66. The predicted octanol–water partition coefficient (Wildman–Crippen LogP) is 5.67. The first kappa shape index (κ1) is 21.8. The molecule has 164 valence electrons. The minimum Gasteiger partial charge on any atom is -0.488 e. The van der Waals surface area contributed by atoms with E-state index < -0.39 is 0 Å². The van der Waals surface area contributed by atoms with Crippen molar-refractivity contribution in [2.75, 3.05) is 5.73 Å². The highest BCUT2D eigenvalue weighted by Gasteiger charge is 2.08. The molecule has 0 atom stereocenters. The lowest BCUT2D eigenvalue weighted by molar-refractivity contribution is 0.0955. The van der Waals surface area contributed by atoms with Crippen LogP contribution in [0.5, 0.6) is 5.75 Å². The highest BCUT2D eigenvalue weighted by molar-refractivity contribution is 6.01. The van der Waals surface area contributed by atoms with Gasteiger partial charge in [0.15, 0.2) is 0 Å². The van der Waals surface area contributed by atoms with E-state index in [1.807, 2.05) is 79.7 Å². The first-order chi connectivity index (χ1) is 16.1. The molecule has 1 amide bonds. The number of carbonyl (C=O) groups excluding carboxylic acids is 1. The lowest BCUT2D eigenvalue weighted by Gasteiger charge is -2.12. The van der Waals surface area contributed by atoms with Crippen molar-refractivity contribution >= 4 is 17.3 Å². The number of para-hydroxylation sites is 1. The summed E-state index contributed by atoms with van der Waals surface area (Å²) >= 11 is 0. The van der Waals surface area contributed by atoms with Gasteiger partial charge in [-0.15, -0.1) is 0 Å². The Morgan fingerprint density at radius 1 is 0.848 bits per heavy atom. The summed E-state index contributed by atoms with van der Waals surface area (Å²) < 4.78 is 6.08. The van der Waals surface area contributed by atoms with Crippen LogP contribution in [0.3, 0.4) is 0 Å². The zero-order chi connectivity index (χ0) is 23.0. The first-order valence-electron chi connectivity index (χ1n) is 10.7. The number of anilines is 1. The third-order valence-corrected chi connectivity index (χ3v) is 5.21. The van der Waals surface area contributed by atoms with E-state index in [0.29, 0.717) is 23.6 Å². The minimum atomic E-state index is -0.278. The maximum absolute atomic E-state index is 12.5. The molecule has 5 nitrogen and oxygen atoms in total. The number of rotatable bonds is 7. The Morgan fingerprint density at radius 3 is 2.33 bits per heavy atom. The molecule has 0 aliphatic carbocycles. The summed E-state index contributed by atoms with van der Waals surface area (Å²) in [6.45, 7) is 2.22. The van der Waals surface area contributed by atoms with Gasteiger partial charge >= 0.3 is 0 Å². The van der Waals surface area contributed by atoms with Crippen molar-refractivity contribution in [3.05, 3.63) is 120 Å². The van der Waals surface area contributed by atoms with Crippen LogP contribution in [-0.4, -0.2) is 11.6 Å². The zero-order valence-corrected chi connectivity index (χ0v) is 18.4. The van der Waals surface area contributed by atoms with Gasteiger partial charge in [-0.05, 0) is 53.9 Å². The molecule has 4 aromatic carbocycles. The minimum absolute atomic E-state index is 0.278. The Kier molecular flexibility index (Phi) is 6.81. The molecule has 3 N–H and O–H groups in total. The van der Waals surface area contributed by atoms with Gasteiger partial charge in [0.25, 0.3) is 5.91 Å². The normalized spacial score (nSPS) is 11.1. The highest BCUT2D eigenvalue weighted by Crippen LogP contribution is 2.30. The van der Waals surface area contributed by atoms with Crippen LogP contribution in [0.4, 0.5) is 5.69 Å². The molecule has 5 heteroatoms. The maximum atomic E-state index is 12.5. The fraction of sp³-hybridized carbons (Fsp3) is 0.0714. The van der Waals surface area contributed by atoms with Crippen molar-refractivity contribution in [2.24, 2.45) is 5.10 Å². The monoisotopic (exact) mass is 435 g/mol. The maximum Gasteiger partial charge on any atom is 0.271 e. The molecule has 0 spiro atoms. The Morgan fingerprint density at radius 2 is 1.58 bits per heavy atom. The van der Waals surface area contributed by atoms with Gasteiger partial charge < -0.3 is 10.5 Å². The number of hydrogen-bond acceptors (Lipinski definition) is 4. The van der Waals surface area contributed by atoms with E-state index in [4.69, 9.17) is 10.5 Å². The molecule has 4 rings (SSSR count). The van der Waals surface area contributed by atoms with Crippen LogP contribution < -0.4 is 15.9 Å². The number of nitrogens with zero attached hydrogens (tertiary/aromatic N) is 1. The van der Waals surface area contributed by atoms with E-state index in [1.165, 1.54) is 0 Å². The summed E-state index contributed by atoms with van der Waals surface area (Å²) in [5, 5.41) is 4.19. The molecule has 0 unspecified atom stereocenters. The number of carbonyl (C=O) groups is 1. The van der Waals surface area contributed by atoms with E-state index in [1.54, 1.807) is 18.2 Å². The lowest BCUT2D eigenvalue weighted by atomic mass is 10.0. The molecule has 0 fully saturated rings. The smallest absolute Gasteiger partial charge is 0.271 e. The van der Waals surface area contributed by atoms with Crippen molar-refractivity contribution in [3.8, 4) is 16.9 Å². The summed E-state index contributed by atoms with van der Waals surface area (Å²) in [6.07, 6.45) is 0. The van der Waals surface area contributed by atoms with Gasteiger partial charge in [0.2, 0.25) is 0 Å². The van der Waals surface area contributed by atoms with Crippen molar-refractivity contribution in [3.63, 3.8) is 0 Å². The number of nitrogens with one attached hydrogen (secondary N) is 1. The van der Waals surface area contributed by atoms with Crippen LogP contribution in [0.25, 0.3) is 11.1 Å². The van der Waals surface area contributed by atoms with Crippen molar-refractivity contribution in [1.29, 1.82) is 0 Å². The molecule has 0 aromatic heterocycles. The Labute approximate surface area is 193 Å². The van der Waals surface area contributed by atoms with E-state index in [-0.39, 0.29) is 5.91 Å². The van der Waals surface area contributed by atoms with Gasteiger partial charge in [-0.1, -0.05) is 72.8 Å². The highest BCUT2D eigenvalue weighted by atomic mass is 16.5. The quantitative estimate of drug-likeness (QED) is 0.223. The molecule has 4 aromatic rings. The third-order valence-electron chi connectivity index (χ3n) is 5.21. The zero-order valence-electron chi connectivity index (χ0n) is 18.4. The summed E-state index contributed by atoms with van der Waals surface area (Å²) in [4.78, 5) is 12.5. The SMILES string of the molecule is C/C(=N\NC(=O)c1ccc(COc2ccccc2-c2ccccc2)cc1)c1cccc(N)c1. The summed E-state index contributed by atoms with van der Waals surface area (Å²) in [7, 11) is 0. The topological polar surface area (TPSA) is 76.7 Å². The first-order valence-corrected chi connectivity index (χ1v) is 10.7. The van der Waals surface area contributed by atoms with Gasteiger partial charge in [-0.3, -0.25) is 4.79 Å². The fourth-order valence-electron chi connectivity index (χ4n) is 3.39. The molecule has 33 heavy (non-hydrogen) atoms. The number of nitrogen functional groups attached to an aromatic ring is 1. The fourth-order valence-corrected chi connectivity index (χ4v) is 3.39. The molecule has 0 aliphatic heterocycles. The average Bonchev–Trinajstić information content (AvgIpc) is 2.87. The van der Waals surface area contributed by atoms with E-state index >= 15 is 0 Å². The Hall–Kier alpha value is -4.38. The molecular weight excluding hydrogens is 410 g/mol. The molecular formula is C28H25N3O2. The lowest BCUT2D eigenvalue weighted by Crippen LogP contribution is -2.19. The predicted molar refractivity (Wildman–Crippen MR) is 133 cm³/mol. The van der Waals surface area contributed by atoms with Gasteiger partial charge in [0.1, 0.15) is 12.4 Å². The number of ether oxygens (including phenoxy) is 1. The van der Waals surface area contributed by atoms with Crippen LogP contribution in [0.15, 0.2) is 108 Å². The molecule has 0 bridgehead atoms. The van der Waals surface area contributed by atoms with E-state index in [0.717, 1.165) is 28.0 Å². The second kappa shape index (κ2) is 10.3. The number of hydrogen-bond donors (Lipinski definition) is 2. The number of benzene rings is 4. The number of amides is 1. The molecule has 0 heterocycles. The van der Waals surface area contributed by atoms with Crippen molar-refractivity contribution < 1.29 is 9.53 Å². The summed E-state index contributed by atoms with van der Waals surface area (Å²) in [6, 6.07) is 32.8. The van der Waals surface area contributed by atoms with E-state index in [9.17, 15) is 4.79 Å². The van der Waals surface area contributed by atoms with Crippen LogP contribution in [0, 0.1) is 0 Å². The van der Waals surface area contributed by atoms with Gasteiger partial charge in [-0.25, -0.2) is 5.43 Å². The van der Waals surface area contributed by atoms with Crippen LogP contribution in [-0.2, 0) is 6.61 Å². The summed E-state index contributed by atoms with van der Waals surface area (Å²) in [5.74, 6) is 0.539. The molecule has 0 saturated heterocycles. The second-order valence-corrected chi connectivity index (χ2v) is 7.61. The Balaban J connectivity index is 1.38. The average molecular weight is 436 g/mol. The number of hydrazone groups is 1. The van der Waals surface area contributed by atoms with E-state index in [2.05, 4.69) is 22.7 Å². The molecule has 0 radical (unpaired) electrons. The van der Waals surface area contributed by atoms with Crippen LogP contribution >= 0.6 is 0 Å². The van der Waals surface area contributed by atoms with Crippen molar-refractivity contribution in [1.82, 2.24) is 5.43 Å². The van der Waals surface area contributed by atoms with Gasteiger partial charge in [0, 0.05) is 16.8 Å². The van der Waals surface area contributed by atoms with Gasteiger partial charge in [0.05, 0.1) is 5.71 Å². The Bertz CT molecular complexity index is 1270. The molecule has 0 aliphatic rings. The standard InChI is InChI=1S/C28H25N3O2/c1-20(24-10-7-11-25(29)18-24)30-31-28(32)23-16-14-21(15-17-23)19-33-27-13-6-5-12-26(27)22-8-3-2-4-9-22/h2-18H,19,29H2,1H3,(H,31,32)/b30-20+. The van der Waals surface area contributed by atoms with Crippen LogP contribution in [0.1, 0.15) is 28.4 Å². The molecule has 0 saturated carbocycles. The van der Waals surface area contributed by atoms with Crippen molar-refractivity contribution in [2.45, 2.75) is 13.5 Å².